The number of hydrogen-bond acceptors (Lipinski definition) is 10. The number of ether oxygens (including phenoxy) is 3. The number of nitrogen functional groups attached to an aromatic ring is 1. The molecule has 0 saturated carbocycles. The van der Waals surface area contributed by atoms with Crippen LogP contribution in [0.3, 0.4) is 0 Å². The summed E-state index contributed by atoms with van der Waals surface area (Å²) in [5, 5.41) is 29.6. The molecule has 0 bridgehead atoms. The lowest BCUT2D eigenvalue weighted by molar-refractivity contribution is -0.0511. The van der Waals surface area contributed by atoms with Crippen LogP contribution in [0.1, 0.15) is 11.8 Å². The molecule has 1 unspecified atom stereocenters. The summed E-state index contributed by atoms with van der Waals surface area (Å²) in [6, 6.07) is 7.69. The Hall–Kier alpha value is -2.99. The van der Waals surface area contributed by atoms with E-state index in [1.807, 2.05) is 24.3 Å². The van der Waals surface area contributed by atoms with Gasteiger partial charge in [-0.3, -0.25) is 4.57 Å². The van der Waals surface area contributed by atoms with Crippen LogP contribution in [-0.4, -0.2) is 73.5 Å². The number of nitrogens with two attached hydrogens (primary N) is 1. The Morgan fingerprint density at radius 1 is 1.23 bits per heavy atom. The number of aliphatic hydroxyl groups is 3. The van der Waals surface area contributed by atoms with E-state index in [2.05, 4.69) is 15.0 Å². The number of nitrogens with zero attached hydrogens (tertiary/aromatic N) is 4. The lowest BCUT2D eigenvalue weighted by Crippen LogP contribution is -2.33. The second-order valence-corrected chi connectivity index (χ2v) is 6.89. The van der Waals surface area contributed by atoms with Crippen molar-refractivity contribution in [3.63, 3.8) is 0 Å². The van der Waals surface area contributed by atoms with E-state index in [4.69, 9.17) is 19.9 Å². The van der Waals surface area contributed by atoms with Gasteiger partial charge in [-0.1, -0.05) is 12.1 Å². The van der Waals surface area contributed by atoms with E-state index in [1.165, 1.54) is 10.9 Å². The number of aromatic nitrogens is 4. The maximum Gasteiger partial charge on any atom is 0.320 e. The predicted octanol–water partition coefficient (Wildman–Crippen LogP) is -0.350. The van der Waals surface area contributed by atoms with Gasteiger partial charge in [0.1, 0.15) is 24.1 Å². The normalized spacial score (nSPS) is 23.7. The molecule has 160 valence electrons. The topological polar surface area (TPSA) is 158 Å². The third-order valence-corrected chi connectivity index (χ3v) is 4.98. The van der Waals surface area contributed by atoms with Crippen LogP contribution in [0.15, 0.2) is 30.6 Å². The van der Waals surface area contributed by atoms with E-state index in [-0.39, 0.29) is 17.5 Å². The second kappa shape index (κ2) is 8.40. The van der Waals surface area contributed by atoms with E-state index in [0.29, 0.717) is 18.5 Å². The molecule has 1 aromatic carbocycles. The lowest BCUT2D eigenvalue weighted by Gasteiger charge is -2.16. The summed E-state index contributed by atoms with van der Waals surface area (Å²) in [5.41, 5.74) is 7.62. The maximum atomic E-state index is 10.3. The minimum atomic E-state index is -1.27. The molecule has 0 amide bonds. The number of rotatable bonds is 7. The third-order valence-electron chi connectivity index (χ3n) is 4.98. The average molecular weight is 417 g/mol. The van der Waals surface area contributed by atoms with Gasteiger partial charge in [-0.2, -0.15) is 9.97 Å². The van der Waals surface area contributed by atoms with Gasteiger partial charge < -0.3 is 35.3 Å². The molecule has 1 fully saturated rings. The summed E-state index contributed by atoms with van der Waals surface area (Å²) in [7, 11) is 1.61. The van der Waals surface area contributed by atoms with Crippen LogP contribution in [0, 0.1) is 0 Å². The molecule has 0 radical (unpaired) electrons. The SMILES string of the molecule is COc1cccc(CCOc2nc(N)c3ncn(C4O[C@@H](CO)[C@H](O)[C@@H]4O)c3n2)c1. The van der Waals surface area contributed by atoms with Crippen molar-refractivity contribution >= 4 is 17.0 Å². The molecule has 11 nitrogen and oxygen atoms in total. The van der Waals surface area contributed by atoms with Crippen molar-refractivity contribution in [2.75, 3.05) is 26.1 Å². The van der Waals surface area contributed by atoms with Gasteiger partial charge in [-0.05, 0) is 17.7 Å². The predicted molar refractivity (Wildman–Crippen MR) is 105 cm³/mol. The summed E-state index contributed by atoms with van der Waals surface area (Å²) in [6.45, 7) is -0.128. The largest absolute Gasteiger partial charge is 0.497 e. The van der Waals surface area contributed by atoms with Crippen LogP contribution in [0.2, 0.25) is 0 Å². The van der Waals surface area contributed by atoms with Gasteiger partial charge in [-0.15, -0.1) is 0 Å². The zero-order valence-corrected chi connectivity index (χ0v) is 16.3. The number of benzene rings is 1. The first-order valence-corrected chi connectivity index (χ1v) is 9.40. The van der Waals surface area contributed by atoms with Crippen molar-refractivity contribution in [1.29, 1.82) is 0 Å². The smallest absolute Gasteiger partial charge is 0.320 e. The Bertz CT molecular complexity index is 1030. The molecule has 4 rings (SSSR count). The maximum absolute atomic E-state index is 10.3. The average Bonchev–Trinajstić information content (AvgIpc) is 3.29. The molecular weight excluding hydrogens is 394 g/mol. The van der Waals surface area contributed by atoms with Gasteiger partial charge in [0.2, 0.25) is 0 Å². The molecule has 5 N–H and O–H groups in total. The van der Waals surface area contributed by atoms with Gasteiger partial charge in [0, 0.05) is 6.42 Å². The zero-order valence-electron chi connectivity index (χ0n) is 16.3. The molecule has 0 spiro atoms. The number of hydrogen-bond donors (Lipinski definition) is 4. The number of anilines is 1. The highest BCUT2D eigenvalue weighted by atomic mass is 16.6. The molecule has 4 atom stereocenters. The van der Waals surface area contributed by atoms with Crippen LogP contribution >= 0.6 is 0 Å². The van der Waals surface area contributed by atoms with Crippen molar-refractivity contribution in [2.45, 2.75) is 31.0 Å². The van der Waals surface area contributed by atoms with Crippen molar-refractivity contribution in [3.05, 3.63) is 36.2 Å². The van der Waals surface area contributed by atoms with Crippen molar-refractivity contribution < 1.29 is 29.5 Å². The fourth-order valence-electron chi connectivity index (χ4n) is 3.37. The molecule has 2 aromatic heterocycles. The molecule has 0 aliphatic carbocycles. The molecule has 3 aromatic rings. The molecule has 30 heavy (non-hydrogen) atoms. The van der Waals surface area contributed by atoms with E-state index >= 15 is 0 Å². The number of imidazole rings is 1. The fourth-order valence-corrected chi connectivity index (χ4v) is 3.37. The molecule has 11 heteroatoms. The Morgan fingerprint density at radius 2 is 2.07 bits per heavy atom. The number of methoxy groups -OCH3 is 1. The minimum Gasteiger partial charge on any atom is -0.497 e. The van der Waals surface area contributed by atoms with Crippen LogP contribution < -0.4 is 15.2 Å². The summed E-state index contributed by atoms with van der Waals surface area (Å²) in [5.74, 6) is 0.874. The molecular formula is C19H23N5O6. The van der Waals surface area contributed by atoms with Gasteiger partial charge in [0.05, 0.1) is 26.7 Å². The molecule has 1 aliphatic heterocycles. The first kappa shape index (κ1) is 20.3. The standard InChI is InChI=1S/C19H23N5O6/c1-28-11-4-2-3-10(7-11)5-6-29-19-22-16(20)13-17(23-19)24(9-21-13)18-15(27)14(26)12(8-25)30-18/h2-4,7,9,12,14-15,18,25-27H,5-6,8H2,1H3,(H2,20,22,23)/t12-,14-,15-,18?/m0/s1. The highest BCUT2D eigenvalue weighted by molar-refractivity contribution is 5.82. The van der Waals surface area contributed by atoms with E-state index in [0.717, 1.165) is 11.3 Å². The van der Waals surface area contributed by atoms with Gasteiger partial charge in [0.25, 0.3) is 0 Å². The minimum absolute atomic E-state index is 0.0522. The molecule has 3 heterocycles. The van der Waals surface area contributed by atoms with Crippen molar-refractivity contribution in [3.8, 4) is 11.8 Å². The van der Waals surface area contributed by atoms with Gasteiger partial charge in [0.15, 0.2) is 23.2 Å². The van der Waals surface area contributed by atoms with Gasteiger partial charge >= 0.3 is 6.01 Å². The Morgan fingerprint density at radius 3 is 2.80 bits per heavy atom. The quantitative estimate of drug-likeness (QED) is 0.400. The van der Waals surface area contributed by atoms with E-state index < -0.39 is 31.1 Å². The summed E-state index contributed by atoms with van der Waals surface area (Å²) in [4.78, 5) is 12.6. The first-order chi connectivity index (χ1) is 14.5. The monoisotopic (exact) mass is 417 g/mol. The summed E-state index contributed by atoms with van der Waals surface area (Å²) in [6.07, 6.45) is -2.42. The Balaban J connectivity index is 1.53. The molecule has 1 aliphatic rings. The van der Waals surface area contributed by atoms with Crippen LogP contribution in [-0.2, 0) is 11.2 Å². The molecule has 1 saturated heterocycles. The van der Waals surface area contributed by atoms with Crippen LogP contribution in [0.5, 0.6) is 11.8 Å². The lowest BCUT2D eigenvalue weighted by atomic mass is 10.1. The van der Waals surface area contributed by atoms with Crippen LogP contribution in [0.25, 0.3) is 11.2 Å². The van der Waals surface area contributed by atoms with Crippen LogP contribution in [0.4, 0.5) is 5.82 Å². The highest BCUT2D eigenvalue weighted by Crippen LogP contribution is 2.32. The number of aliphatic hydroxyl groups excluding tert-OH is 3. The van der Waals surface area contributed by atoms with Crippen molar-refractivity contribution in [2.24, 2.45) is 0 Å². The Labute approximate surface area is 171 Å². The summed E-state index contributed by atoms with van der Waals surface area (Å²) >= 11 is 0. The van der Waals surface area contributed by atoms with Gasteiger partial charge in [-0.25, -0.2) is 4.98 Å². The second-order valence-electron chi connectivity index (χ2n) is 6.89. The Kier molecular flexibility index (Phi) is 5.68. The summed E-state index contributed by atoms with van der Waals surface area (Å²) < 4.78 is 17.9. The van der Waals surface area contributed by atoms with E-state index in [1.54, 1.807) is 7.11 Å². The zero-order chi connectivity index (χ0) is 21.3. The first-order valence-electron chi connectivity index (χ1n) is 9.40. The number of fused-ring (bicyclic) bond motifs is 1. The van der Waals surface area contributed by atoms with E-state index in [9.17, 15) is 15.3 Å². The highest BCUT2D eigenvalue weighted by Gasteiger charge is 2.44. The fraction of sp³-hybridized carbons (Fsp3) is 0.421. The third kappa shape index (κ3) is 3.75. The van der Waals surface area contributed by atoms with Crippen molar-refractivity contribution in [1.82, 2.24) is 19.5 Å².